The minimum atomic E-state index is -1.67. The maximum atomic E-state index is 10.7. The second kappa shape index (κ2) is 2.68. The largest absolute Gasteiger partial charge is 0.481 e. The molecule has 0 aliphatic heterocycles. The SMILES string of the molecule is O=C(O)C1(C(Cl)(Cl)Cl)CCC1. The highest BCUT2D eigenvalue weighted by molar-refractivity contribution is 6.68. The van der Waals surface area contributed by atoms with Gasteiger partial charge in [0.25, 0.3) is 0 Å². The molecule has 0 spiro atoms. The molecule has 0 radical (unpaired) electrons. The topological polar surface area (TPSA) is 37.3 Å². The highest BCUT2D eigenvalue weighted by Crippen LogP contribution is 2.56. The van der Waals surface area contributed by atoms with Crippen molar-refractivity contribution in [3.8, 4) is 0 Å². The van der Waals surface area contributed by atoms with E-state index in [4.69, 9.17) is 39.9 Å². The van der Waals surface area contributed by atoms with Crippen molar-refractivity contribution in [3.63, 3.8) is 0 Å². The van der Waals surface area contributed by atoms with Gasteiger partial charge in [-0.15, -0.1) is 0 Å². The molecule has 1 aliphatic carbocycles. The predicted molar refractivity (Wildman–Crippen MR) is 44.2 cm³/mol. The fourth-order valence-corrected chi connectivity index (χ4v) is 1.96. The minimum absolute atomic E-state index is 0.457. The van der Waals surface area contributed by atoms with Crippen LogP contribution in [0.3, 0.4) is 0 Å². The van der Waals surface area contributed by atoms with Crippen molar-refractivity contribution >= 4 is 40.8 Å². The van der Waals surface area contributed by atoms with Crippen LogP contribution in [0.25, 0.3) is 0 Å². The predicted octanol–water partition coefficient (Wildman–Crippen LogP) is 2.61. The molecule has 0 heterocycles. The van der Waals surface area contributed by atoms with Gasteiger partial charge in [-0.3, -0.25) is 4.79 Å². The van der Waals surface area contributed by atoms with E-state index < -0.39 is 15.2 Å². The van der Waals surface area contributed by atoms with Crippen LogP contribution in [0, 0.1) is 5.41 Å². The van der Waals surface area contributed by atoms with Crippen LogP contribution in [0.4, 0.5) is 0 Å². The Balaban J connectivity index is 2.85. The molecular formula is C6H7Cl3O2. The normalized spacial score (nSPS) is 22.5. The van der Waals surface area contributed by atoms with E-state index in [1.165, 1.54) is 0 Å². The Hall–Kier alpha value is 0.340. The van der Waals surface area contributed by atoms with Crippen LogP contribution in [-0.4, -0.2) is 14.9 Å². The van der Waals surface area contributed by atoms with Crippen LogP contribution >= 0.6 is 34.8 Å². The molecule has 1 fully saturated rings. The van der Waals surface area contributed by atoms with E-state index in [1.54, 1.807) is 0 Å². The number of hydrogen-bond donors (Lipinski definition) is 1. The number of alkyl halides is 3. The van der Waals surface area contributed by atoms with Gasteiger partial charge in [0.2, 0.25) is 3.79 Å². The first kappa shape index (κ1) is 9.43. The lowest BCUT2D eigenvalue weighted by Crippen LogP contribution is -2.48. The van der Waals surface area contributed by atoms with Crippen molar-refractivity contribution in [2.75, 3.05) is 0 Å². The zero-order chi connectivity index (χ0) is 8.70. The third-order valence-corrected chi connectivity index (χ3v) is 3.24. The first-order valence-corrected chi connectivity index (χ1v) is 4.34. The molecule has 1 saturated carbocycles. The average Bonchev–Trinajstić information content (AvgIpc) is 1.52. The molecule has 2 nitrogen and oxygen atoms in total. The van der Waals surface area contributed by atoms with Gasteiger partial charge in [0.15, 0.2) is 0 Å². The van der Waals surface area contributed by atoms with Crippen molar-refractivity contribution in [3.05, 3.63) is 0 Å². The van der Waals surface area contributed by atoms with E-state index in [0.29, 0.717) is 12.8 Å². The van der Waals surface area contributed by atoms with Crippen molar-refractivity contribution in [1.82, 2.24) is 0 Å². The Bertz CT molecular complexity index is 181. The number of aliphatic carboxylic acids is 1. The second-order valence-electron chi connectivity index (χ2n) is 2.74. The number of halogens is 3. The van der Waals surface area contributed by atoms with Crippen molar-refractivity contribution in [2.45, 2.75) is 23.1 Å². The maximum absolute atomic E-state index is 10.7. The minimum Gasteiger partial charge on any atom is -0.481 e. The lowest BCUT2D eigenvalue weighted by atomic mass is 9.70. The summed E-state index contributed by atoms with van der Waals surface area (Å²) in [5, 5.41) is 8.77. The van der Waals surface area contributed by atoms with E-state index in [2.05, 4.69) is 0 Å². The van der Waals surface area contributed by atoms with Crippen molar-refractivity contribution < 1.29 is 9.90 Å². The summed E-state index contributed by atoms with van der Waals surface area (Å²) in [6.07, 6.45) is 1.73. The fourth-order valence-electron chi connectivity index (χ4n) is 1.15. The van der Waals surface area contributed by atoms with Gasteiger partial charge in [0, 0.05) is 0 Å². The third kappa shape index (κ3) is 1.32. The molecule has 0 bridgehead atoms. The molecule has 1 aliphatic rings. The van der Waals surface area contributed by atoms with Gasteiger partial charge in [0.1, 0.15) is 5.41 Å². The molecule has 0 saturated heterocycles. The molecule has 64 valence electrons. The lowest BCUT2D eigenvalue weighted by molar-refractivity contribution is -0.154. The summed E-state index contributed by atoms with van der Waals surface area (Å²) in [6.45, 7) is 0. The first-order chi connectivity index (χ1) is 4.90. The van der Waals surface area contributed by atoms with Gasteiger partial charge in [-0.1, -0.05) is 41.2 Å². The molecule has 0 aromatic rings. The number of hydrogen-bond acceptors (Lipinski definition) is 1. The summed E-state index contributed by atoms with van der Waals surface area (Å²) in [5.74, 6) is -1.01. The summed E-state index contributed by atoms with van der Waals surface area (Å²) < 4.78 is -1.67. The van der Waals surface area contributed by atoms with Gasteiger partial charge in [-0.2, -0.15) is 0 Å². The molecule has 11 heavy (non-hydrogen) atoms. The molecule has 1 rings (SSSR count). The number of carbonyl (C=O) groups is 1. The maximum Gasteiger partial charge on any atom is 0.314 e. The zero-order valence-corrected chi connectivity index (χ0v) is 7.88. The molecule has 0 aromatic carbocycles. The second-order valence-corrected chi connectivity index (χ2v) is 5.02. The quantitative estimate of drug-likeness (QED) is 0.686. The van der Waals surface area contributed by atoms with Crippen LogP contribution < -0.4 is 0 Å². The molecular weight excluding hydrogens is 210 g/mol. The number of rotatable bonds is 1. The van der Waals surface area contributed by atoms with E-state index in [1.807, 2.05) is 0 Å². The Kier molecular flexibility index (Phi) is 2.30. The molecule has 1 N–H and O–H groups in total. The van der Waals surface area contributed by atoms with Crippen LogP contribution in [0.1, 0.15) is 19.3 Å². The van der Waals surface area contributed by atoms with Crippen molar-refractivity contribution in [1.29, 1.82) is 0 Å². The summed E-state index contributed by atoms with van der Waals surface area (Å²) in [7, 11) is 0. The van der Waals surface area contributed by atoms with Crippen LogP contribution in [0.15, 0.2) is 0 Å². The first-order valence-electron chi connectivity index (χ1n) is 3.20. The Morgan fingerprint density at radius 1 is 1.36 bits per heavy atom. The standard InChI is InChI=1S/C6H7Cl3O2/c7-6(8,9)5(4(10)11)2-1-3-5/h1-3H2,(H,10,11). The molecule has 5 heteroatoms. The van der Waals surface area contributed by atoms with Crippen LogP contribution in [-0.2, 0) is 4.79 Å². The highest BCUT2D eigenvalue weighted by Gasteiger charge is 2.58. The third-order valence-electron chi connectivity index (χ3n) is 2.16. The summed E-state index contributed by atoms with van der Waals surface area (Å²) >= 11 is 16.6. The van der Waals surface area contributed by atoms with Crippen LogP contribution in [0.5, 0.6) is 0 Å². The summed E-state index contributed by atoms with van der Waals surface area (Å²) in [6, 6.07) is 0. The zero-order valence-electron chi connectivity index (χ0n) is 5.61. The number of carboxylic acid groups (broad SMARTS) is 1. The number of carboxylic acids is 1. The molecule has 0 atom stereocenters. The Labute approximate surface area is 79.4 Å². The molecule has 0 amide bonds. The molecule has 0 unspecified atom stereocenters. The van der Waals surface area contributed by atoms with Gasteiger partial charge < -0.3 is 5.11 Å². The van der Waals surface area contributed by atoms with Crippen LogP contribution in [0.2, 0.25) is 0 Å². The highest BCUT2D eigenvalue weighted by atomic mass is 35.6. The van der Waals surface area contributed by atoms with Gasteiger partial charge in [-0.25, -0.2) is 0 Å². The lowest BCUT2D eigenvalue weighted by Gasteiger charge is -2.42. The fraction of sp³-hybridized carbons (Fsp3) is 0.833. The summed E-state index contributed by atoms with van der Waals surface area (Å²) in [4.78, 5) is 10.7. The van der Waals surface area contributed by atoms with Gasteiger partial charge in [0.05, 0.1) is 0 Å². The monoisotopic (exact) mass is 216 g/mol. The smallest absolute Gasteiger partial charge is 0.314 e. The van der Waals surface area contributed by atoms with Gasteiger partial charge >= 0.3 is 5.97 Å². The average molecular weight is 217 g/mol. The van der Waals surface area contributed by atoms with Gasteiger partial charge in [-0.05, 0) is 12.8 Å². The van der Waals surface area contributed by atoms with E-state index >= 15 is 0 Å². The molecule has 0 aromatic heterocycles. The summed E-state index contributed by atoms with van der Waals surface area (Å²) in [5.41, 5.74) is -1.13. The Morgan fingerprint density at radius 3 is 1.82 bits per heavy atom. The van der Waals surface area contributed by atoms with E-state index in [-0.39, 0.29) is 0 Å². The van der Waals surface area contributed by atoms with Crippen molar-refractivity contribution in [2.24, 2.45) is 5.41 Å². The Morgan fingerprint density at radius 2 is 1.82 bits per heavy atom. The van der Waals surface area contributed by atoms with E-state index in [0.717, 1.165) is 6.42 Å². The van der Waals surface area contributed by atoms with E-state index in [9.17, 15) is 4.79 Å².